The molecule has 0 fully saturated rings. The highest BCUT2D eigenvalue weighted by molar-refractivity contribution is 5.55. The average Bonchev–Trinajstić information content (AvgIpc) is 2.14. The third-order valence-electron chi connectivity index (χ3n) is 1.90. The zero-order chi connectivity index (χ0) is 12.3. The lowest BCUT2D eigenvalue weighted by molar-refractivity contribution is -0.384. The molecule has 0 unspecified atom stereocenters. The molecular formula is C9H9F3N2O2. The van der Waals surface area contributed by atoms with Crippen LogP contribution in [0.3, 0.4) is 0 Å². The van der Waals surface area contributed by atoms with Gasteiger partial charge in [0.2, 0.25) is 0 Å². The van der Waals surface area contributed by atoms with E-state index in [0.29, 0.717) is 5.56 Å². The number of nitrogens with zero attached hydrogens (tertiary/aromatic N) is 1. The van der Waals surface area contributed by atoms with Gasteiger partial charge >= 0.3 is 6.18 Å². The predicted octanol–water partition coefficient (Wildman–Crippen LogP) is 2.88. The van der Waals surface area contributed by atoms with Crippen LogP contribution in [0.15, 0.2) is 18.2 Å². The highest BCUT2D eigenvalue weighted by Crippen LogP contribution is 2.23. The molecule has 4 nitrogen and oxygen atoms in total. The maximum absolute atomic E-state index is 11.9. The SMILES string of the molecule is Cc1cc([N+](=O)[O-])ccc1NCC(F)(F)F. The van der Waals surface area contributed by atoms with Crippen molar-refractivity contribution in [2.24, 2.45) is 0 Å². The van der Waals surface area contributed by atoms with Crippen LogP contribution in [0.2, 0.25) is 0 Å². The van der Waals surface area contributed by atoms with E-state index in [4.69, 9.17) is 0 Å². The van der Waals surface area contributed by atoms with E-state index < -0.39 is 17.6 Å². The van der Waals surface area contributed by atoms with Crippen molar-refractivity contribution >= 4 is 11.4 Å². The Kier molecular flexibility index (Phi) is 3.36. The molecule has 88 valence electrons. The molecule has 0 amide bonds. The lowest BCUT2D eigenvalue weighted by Gasteiger charge is -2.11. The molecule has 1 N–H and O–H groups in total. The zero-order valence-corrected chi connectivity index (χ0v) is 8.34. The summed E-state index contributed by atoms with van der Waals surface area (Å²) in [6.07, 6.45) is -4.31. The standard InChI is InChI=1S/C9H9F3N2O2/c1-6-4-7(14(15)16)2-3-8(6)13-5-9(10,11)12/h2-4,13H,5H2,1H3. The molecule has 0 atom stereocenters. The van der Waals surface area contributed by atoms with E-state index in [2.05, 4.69) is 5.32 Å². The minimum atomic E-state index is -4.31. The van der Waals surface area contributed by atoms with Crippen molar-refractivity contribution in [1.82, 2.24) is 0 Å². The summed E-state index contributed by atoms with van der Waals surface area (Å²) < 4.78 is 35.7. The number of nitro groups is 1. The summed E-state index contributed by atoms with van der Waals surface area (Å²) in [5.41, 5.74) is 0.497. The average molecular weight is 234 g/mol. The lowest BCUT2D eigenvalue weighted by atomic mass is 10.2. The van der Waals surface area contributed by atoms with Crippen molar-refractivity contribution < 1.29 is 18.1 Å². The molecule has 0 aromatic heterocycles. The number of hydrogen-bond acceptors (Lipinski definition) is 3. The Labute approximate surface area is 89.2 Å². The van der Waals surface area contributed by atoms with Crippen LogP contribution in [0.1, 0.15) is 5.56 Å². The molecule has 7 heteroatoms. The van der Waals surface area contributed by atoms with E-state index in [1.165, 1.54) is 19.1 Å². The number of halogens is 3. The predicted molar refractivity (Wildman–Crippen MR) is 52.4 cm³/mol. The van der Waals surface area contributed by atoms with Gasteiger partial charge in [0.25, 0.3) is 5.69 Å². The van der Waals surface area contributed by atoms with Gasteiger partial charge in [0.1, 0.15) is 6.54 Å². The van der Waals surface area contributed by atoms with Crippen molar-refractivity contribution in [2.75, 3.05) is 11.9 Å². The monoisotopic (exact) mass is 234 g/mol. The van der Waals surface area contributed by atoms with E-state index in [9.17, 15) is 23.3 Å². The number of benzene rings is 1. The second kappa shape index (κ2) is 4.38. The van der Waals surface area contributed by atoms with Gasteiger partial charge in [-0.25, -0.2) is 0 Å². The number of nitrogens with one attached hydrogen (secondary N) is 1. The number of rotatable bonds is 3. The van der Waals surface area contributed by atoms with Gasteiger partial charge in [-0.1, -0.05) is 0 Å². The Morgan fingerprint density at radius 3 is 2.50 bits per heavy atom. The number of non-ortho nitro benzene ring substituents is 1. The first-order chi connectivity index (χ1) is 7.29. The summed E-state index contributed by atoms with van der Waals surface area (Å²) in [5, 5.41) is 12.6. The summed E-state index contributed by atoms with van der Waals surface area (Å²) in [4.78, 5) is 9.79. The summed E-state index contributed by atoms with van der Waals surface area (Å²) in [7, 11) is 0. The first-order valence-corrected chi connectivity index (χ1v) is 4.35. The number of alkyl halides is 3. The van der Waals surface area contributed by atoms with Gasteiger partial charge in [-0.3, -0.25) is 10.1 Å². The van der Waals surface area contributed by atoms with Crippen LogP contribution in [-0.2, 0) is 0 Å². The van der Waals surface area contributed by atoms with Crippen LogP contribution < -0.4 is 5.32 Å². The van der Waals surface area contributed by atoms with Gasteiger partial charge in [-0.15, -0.1) is 0 Å². The van der Waals surface area contributed by atoms with E-state index in [1.807, 2.05) is 0 Å². The molecule has 0 aliphatic carbocycles. The molecular weight excluding hydrogens is 225 g/mol. The topological polar surface area (TPSA) is 55.2 Å². The second-order valence-corrected chi connectivity index (χ2v) is 3.23. The first-order valence-electron chi connectivity index (χ1n) is 4.35. The number of aryl methyl sites for hydroxylation is 1. The van der Waals surface area contributed by atoms with E-state index in [1.54, 1.807) is 0 Å². The maximum Gasteiger partial charge on any atom is 0.405 e. The largest absolute Gasteiger partial charge is 0.405 e. The van der Waals surface area contributed by atoms with Crippen LogP contribution >= 0.6 is 0 Å². The normalized spacial score (nSPS) is 11.2. The first kappa shape index (κ1) is 12.3. The second-order valence-electron chi connectivity index (χ2n) is 3.23. The fraction of sp³-hybridized carbons (Fsp3) is 0.333. The fourth-order valence-corrected chi connectivity index (χ4v) is 1.16. The Morgan fingerprint density at radius 2 is 2.06 bits per heavy atom. The third-order valence-corrected chi connectivity index (χ3v) is 1.90. The molecule has 1 aromatic rings. The number of anilines is 1. The summed E-state index contributed by atoms with van der Waals surface area (Å²) in [5.74, 6) is 0. The van der Waals surface area contributed by atoms with Crippen molar-refractivity contribution in [1.29, 1.82) is 0 Å². The molecule has 0 radical (unpaired) electrons. The zero-order valence-electron chi connectivity index (χ0n) is 8.34. The van der Waals surface area contributed by atoms with E-state index in [-0.39, 0.29) is 11.4 Å². The number of hydrogen-bond donors (Lipinski definition) is 1. The Hall–Kier alpha value is -1.79. The van der Waals surface area contributed by atoms with Crippen LogP contribution in [0.25, 0.3) is 0 Å². The quantitative estimate of drug-likeness (QED) is 0.646. The molecule has 0 bridgehead atoms. The summed E-state index contributed by atoms with van der Waals surface area (Å²) >= 11 is 0. The van der Waals surface area contributed by atoms with Crippen LogP contribution in [-0.4, -0.2) is 17.6 Å². The summed E-state index contributed by atoms with van der Waals surface area (Å²) in [6.45, 7) is 0.345. The van der Waals surface area contributed by atoms with Crippen molar-refractivity contribution in [3.63, 3.8) is 0 Å². The Bertz CT molecular complexity index is 404. The molecule has 1 rings (SSSR count). The molecule has 0 spiro atoms. The molecule has 0 saturated carbocycles. The van der Waals surface area contributed by atoms with Crippen LogP contribution in [0.5, 0.6) is 0 Å². The third kappa shape index (κ3) is 3.41. The minimum Gasteiger partial charge on any atom is -0.376 e. The highest BCUT2D eigenvalue weighted by atomic mass is 19.4. The van der Waals surface area contributed by atoms with Gasteiger partial charge in [0.15, 0.2) is 0 Å². The fourth-order valence-electron chi connectivity index (χ4n) is 1.16. The smallest absolute Gasteiger partial charge is 0.376 e. The van der Waals surface area contributed by atoms with Crippen LogP contribution in [0, 0.1) is 17.0 Å². The van der Waals surface area contributed by atoms with Gasteiger partial charge in [0.05, 0.1) is 4.92 Å². The highest BCUT2D eigenvalue weighted by Gasteiger charge is 2.26. The molecule has 16 heavy (non-hydrogen) atoms. The lowest BCUT2D eigenvalue weighted by Crippen LogP contribution is -2.21. The van der Waals surface area contributed by atoms with Crippen molar-refractivity contribution in [3.8, 4) is 0 Å². The summed E-state index contributed by atoms with van der Waals surface area (Å²) in [6, 6.07) is 3.64. The molecule has 0 aliphatic rings. The molecule has 1 aromatic carbocycles. The Morgan fingerprint density at radius 1 is 1.44 bits per heavy atom. The number of nitro benzene ring substituents is 1. The van der Waals surface area contributed by atoms with Crippen LogP contribution in [0.4, 0.5) is 24.5 Å². The molecule has 0 aliphatic heterocycles. The maximum atomic E-state index is 11.9. The minimum absolute atomic E-state index is 0.143. The van der Waals surface area contributed by atoms with Crippen molar-refractivity contribution in [2.45, 2.75) is 13.1 Å². The van der Waals surface area contributed by atoms with Gasteiger partial charge in [0, 0.05) is 17.8 Å². The van der Waals surface area contributed by atoms with Crippen molar-refractivity contribution in [3.05, 3.63) is 33.9 Å². The van der Waals surface area contributed by atoms with Gasteiger partial charge in [-0.2, -0.15) is 13.2 Å². The molecule has 0 heterocycles. The van der Waals surface area contributed by atoms with Gasteiger partial charge in [-0.05, 0) is 18.6 Å². The van der Waals surface area contributed by atoms with E-state index >= 15 is 0 Å². The molecule has 0 saturated heterocycles. The van der Waals surface area contributed by atoms with E-state index in [0.717, 1.165) is 6.07 Å². The van der Waals surface area contributed by atoms with Gasteiger partial charge < -0.3 is 5.32 Å². The Balaban J connectivity index is 2.80.